The molecule has 8 atom stereocenters. The molecule has 0 aromatic carbocycles. The van der Waals surface area contributed by atoms with Gasteiger partial charge in [-0.05, 0) is 67.9 Å². The van der Waals surface area contributed by atoms with Crippen LogP contribution in [0.15, 0.2) is 23.8 Å². The Morgan fingerprint density at radius 2 is 1.91 bits per heavy atom. The first-order valence-corrected chi connectivity index (χ1v) is 12.6. The van der Waals surface area contributed by atoms with Gasteiger partial charge in [0.1, 0.15) is 0 Å². The molecule has 5 unspecified atom stereocenters. The second-order valence-corrected chi connectivity index (χ2v) is 10.4. The minimum atomic E-state index is -0.815. The summed E-state index contributed by atoms with van der Waals surface area (Å²) in [5.41, 5.74) is 0.488. The second-order valence-electron chi connectivity index (χ2n) is 10.4. The van der Waals surface area contributed by atoms with Crippen molar-refractivity contribution in [2.75, 3.05) is 13.2 Å². The number of carbonyl (C=O) groups excluding carboxylic acids is 3. The lowest BCUT2D eigenvalue weighted by Gasteiger charge is -2.58. The Morgan fingerprint density at radius 1 is 1.21 bits per heavy atom. The van der Waals surface area contributed by atoms with Crippen molar-refractivity contribution < 1.29 is 29.0 Å². The van der Waals surface area contributed by atoms with Gasteiger partial charge in [0.15, 0.2) is 18.2 Å². The molecule has 4 aliphatic rings. The molecule has 0 aromatic heterocycles. The fourth-order valence-electron chi connectivity index (χ4n) is 7.76. The Morgan fingerprint density at radius 3 is 2.58 bits per heavy atom. The lowest BCUT2D eigenvalue weighted by atomic mass is 9.46. The number of ether oxygens (including phenoxy) is 2. The van der Waals surface area contributed by atoms with Gasteiger partial charge < -0.3 is 14.6 Å². The van der Waals surface area contributed by atoms with E-state index in [1.165, 1.54) is 0 Å². The van der Waals surface area contributed by atoms with E-state index in [0.717, 1.165) is 24.8 Å². The normalized spacial score (nSPS) is 40.9. The molecule has 0 bridgehead atoms. The van der Waals surface area contributed by atoms with Crippen molar-refractivity contribution in [2.45, 2.75) is 73.3 Å². The van der Waals surface area contributed by atoms with Crippen molar-refractivity contribution >= 4 is 17.7 Å². The van der Waals surface area contributed by atoms with E-state index in [1.54, 1.807) is 19.1 Å². The van der Waals surface area contributed by atoms with Gasteiger partial charge in [0.05, 0.1) is 12.7 Å². The first kappa shape index (κ1) is 25.7. The summed E-state index contributed by atoms with van der Waals surface area (Å²) in [4.78, 5) is 36.7. The third-order valence-electron chi connectivity index (χ3n) is 8.78. The molecular formula is C27H40O6. The predicted molar refractivity (Wildman–Crippen MR) is 125 cm³/mol. The van der Waals surface area contributed by atoms with Gasteiger partial charge in [-0.15, -0.1) is 0 Å². The van der Waals surface area contributed by atoms with Crippen LogP contribution in [-0.4, -0.2) is 42.1 Å². The van der Waals surface area contributed by atoms with Crippen molar-refractivity contribution in [1.82, 2.24) is 0 Å². The lowest BCUT2D eigenvalue weighted by molar-refractivity contribution is -0.143. The maximum Gasteiger partial charge on any atom is 0.508 e. The van der Waals surface area contributed by atoms with E-state index in [0.29, 0.717) is 18.3 Å². The van der Waals surface area contributed by atoms with Crippen LogP contribution in [0.25, 0.3) is 0 Å². The van der Waals surface area contributed by atoms with Crippen LogP contribution in [0.1, 0.15) is 67.2 Å². The molecule has 4 aliphatic carbocycles. The number of aliphatic hydroxyl groups excluding tert-OH is 1. The smallest absolute Gasteiger partial charge is 0.435 e. The Balaban J connectivity index is 0.00000149. The average Bonchev–Trinajstić information content (AvgIpc) is 3.03. The summed E-state index contributed by atoms with van der Waals surface area (Å²) < 4.78 is 9.82. The van der Waals surface area contributed by atoms with Crippen molar-refractivity contribution in [3.8, 4) is 0 Å². The van der Waals surface area contributed by atoms with E-state index in [2.05, 4.69) is 20.8 Å². The fraction of sp³-hybridized carbons (Fsp3) is 0.741. The standard InChI is InChI=1S/C25H34O6.C2H6/c1-5-30-23(29)31-13-20(28)21-14(2)10-18-17-7-6-15-11-16(26)8-9-24(15,3)22(17)19(27)12-25(18,21)4;1-2/h8-9,11,14,17-19,21-22,27H,5-7,10,12-13H2,1-4H3;1-2H3/t14-,17?,18?,19+,21?,22?,24-,25?;/m0./s1. The minimum absolute atomic E-state index is 0.0304. The van der Waals surface area contributed by atoms with E-state index >= 15 is 0 Å². The number of carbonyl (C=O) groups is 3. The summed E-state index contributed by atoms with van der Waals surface area (Å²) in [5, 5.41) is 11.4. The molecule has 4 rings (SSSR count). The van der Waals surface area contributed by atoms with Gasteiger partial charge in [0.25, 0.3) is 0 Å². The maximum absolute atomic E-state index is 13.1. The summed E-state index contributed by atoms with van der Waals surface area (Å²) in [6.45, 7) is 12.0. The fourth-order valence-corrected chi connectivity index (χ4v) is 7.76. The topological polar surface area (TPSA) is 89.9 Å². The van der Waals surface area contributed by atoms with E-state index in [-0.39, 0.29) is 53.4 Å². The molecule has 0 amide bonds. The van der Waals surface area contributed by atoms with Gasteiger partial charge in [0.2, 0.25) is 0 Å². The summed E-state index contributed by atoms with van der Waals surface area (Å²) in [7, 11) is 0. The van der Waals surface area contributed by atoms with Crippen molar-refractivity contribution in [2.24, 2.45) is 40.4 Å². The SMILES string of the molecule is CC.CCOC(=O)OCC(=O)C1[C@@H](C)CC2C3CCC4=CC(=O)C=C[C@]4(C)C3[C@H](O)CC21C. The molecule has 184 valence electrons. The third kappa shape index (κ3) is 4.31. The third-order valence-corrected chi connectivity index (χ3v) is 8.78. The predicted octanol–water partition coefficient (Wildman–Crippen LogP) is 4.90. The van der Waals surface area contributed by atoms with Crippen molar-refractivity contribution in [1.29, 1.82) is 0 Å². The molecule has 33 heavy (non-hydrogen) atoms. The van der Waals surface area contributed by atoms with Gasteiger partial charge in [-0.2, -0.15) is 0 Å². The molecule has 1 N–H and O–H groups in total. The number of fused-ring (bicyclic) bond motifs is 5. The number of hydrogen-bond acceptors (Lipinski definition) is 6. The zero-order valence-electron chi connectivity index (χ0n) is 20.9. The van der Waals surface area contributed by atoms with Crippen molar-refractivity contribution in [3.63, 3.8) is 0 Å². The Labute approximate surface area is 197 Å². The second kappa shape index (κ2) is 9.73. The summed E-state index contributed by atoms with van der Waals surface area (Å²) >= 11 is 0. The molecular weight excluding hydrogens is 420 g/mol. The number of ketones is 2. The lowest BCUT2D eigenvalue weighted by Crippen LogP contribution is -2.56. The van der Waals surface area contributed by atoms with Gasteiger partial charge in [-0.25, -0.2) is 4.79 Å². The van der Waals surface area contributed by atoms with Crippen LogP contribution in [-0.2, 0) is 19.1 Å². The van der Waals surface area contributed by atoms with Gasteiger partial charge in [-0.1, -0.05) is 46.3 Å². The molecule has 0 saturated heterocycles. The molecule has 0 spiro atoms. The molecule has 0 aromatic rings. The van der Waals surface area contributed by atoms with Crippen LogP contribution in [0.2, 0.25) is 0 Å². The van der Waals surface area contributed by atoms with E-state index < -0.39 is 12.3 Å². The number of hydrogen-bond donors (Lipinski definition) is 1. The maximum atomic E-state index is 13.1. The van der Waals surface area contributed by atoms with Gasteiger partial charge in [0, 0.05) is 17.3 Å². The molecule has 0 radical (unpaired) electrons. The van der Waals surface area contributed by atoms with E-state index in [9.17, 15) is 19.5 Å². The summed E-state index contributed by atoms with van der Waals surface area (Å²) in [5.74, 6) is 0.511. The highest BCUT2D eigenvalue weighted by atomic mass is 16.7. The highest BCUT2D eigenvalue weighted by Crippen LogP contribution is 2.67. The van der Waals surface area contributed by atoms with E-state index in [1.807, 2.05) is 19.9 Å². The van der Waals surface area contributed by atoms with Gasteiger partial charge in [-0.3, -0.25) is 9.59 Å². The first-order chi connectivity index (χ1) is 15.6. The van der Waals surface area contributed by atoms with Gasteiger partial charge >= 0.3 is 6.16 Å². The van der Waals surface area contributed by atoms with Crippen LogP contribution in [0, 0.1) is 40.4 Å². The average molecular weight is 461 g/mol. The minimum Gasteiger partial charge on any atom is -0.435 e. The van der Waals surface area contributed by atoms with Crippen LogP contribution < -0.4 is 0 Å². The number of aliphatic hydroxyl groups is 1. The largest absolute Gasteiger partial charge is 0.508 e. The molecule has 3 saturated carbocycles. The molecule has 0 heterocycles. The highest BCUT2D eigenvalue weighted by Gasteiger charge is 2.64. The monoisotopic (exact) mass is 460 g/mol. The summed E-state index contributed by atoms with van der Waals surface area (Å²) in [6, 6.07) is 0. The molecule has 0 aliphatic heterocycles. The van der Waals surface area contributed by atoms with Crippen LogP contribution >= 0.6 is 0 Å². The number of rotatable bonds is 4. The zero-order valence-corrected chi connectivity index (χ0v) is 20.9. The zero-order chi connectivity index (χ0) is 24.6. The molecule has 3 fully saturated rings. The molecule has 6 heteroatoms. The Kier molecular flexibility index (Phi) is 7.57. The van der Waals surface area contributed by atoms with Crippen LogP contribution in [0.4, 0.5) is 4.79 Å². The first-order valence-electron chi connectivity index (χ1n) is 12.6. The van der Waals surface area contributed by atoms with Crippen LogP contribution in [0.3, 0.4) is 0 Å². The number of Topliss-reactive ketones (excluding diaryl/α,β-unsaturated/α-hetero) is 1. The quantitative estimate of drug-likeness (QED) is 0.601. The summed E-state index contributed by atoms with van der Waals surface area (Å²) in [6.07, 6.45) is 7.29. The van der Waals surface area contributed by atoms with E-state index in [4.69, 9.17) is 9.47 Å². The Bertz CT molecular complexity index is 844. The number of allylic oxidation sites excluding steroid dienone is 4. The van der Waals surface area contributed by atoms with Crippen molar-refractivity contribution in [3.05, 3.63) is 23.8 Å². The molecule has 6 nitrogen and oxygen atoms in total. The highest BCUT2D eigenvalue weighted by molar-refractivity contribution is 6.01. The van der Waals surface area contributed by atoms with Crippen LogP contribution in [0.5, 0.6) is 0 Å². The Hall–Kier alpha value is -1.95.